The number of carboxylic acids is 1. The van der Waals surface area contributed by atoms with E-state index in [1.807, 2.05) is 13.8 Å². The summed E-state index contributed by atoms with van der Waals surface area (Å²) in [4.78, 5) is 23.7. The van der Waals surface area contributed by atoms with Gasteiger partial charge in [-0.2, -0.15) is 0 Å². The second-order valence-electron chi connectivity index (χ2n) is 4.68. The molecule has 0 fully saturated rings. The van der Waals surface area contributed by atoms with E-state index in [4.69, 9.17) is 21.4 Å². The van der Waals surface area contributed by atoms with Crippen molar-refractivity contribution in [2.45, 2.75) is 26.8 Å². The van der Waals surface area contributed by atoms with E-state index in [9.17, 15) is 9.59 Å². The quantitative estimate of drug-likeness (QED) is 0.905. The lowest BCUT2D eigenvalue weighted by molar-refractivity contribution is -0.148. The predicted octanol–water partition coefficient (Wildman–Crippen LogP) is 2.27. The van der Waals surface area contributed by atoms with E-state index in [1.54, 1.807) is 12.1 Å². The van der Waals surface area contributed by atoms with Crippen molar-refractivity contribution in [3.05, 3.63) is 28.3 Å². The van der Waals surface area contributed by atoms with E-state index in [0.29, 0.717) is 10.8 Å². The van der Waals surface area contributed by atoms with E-state index < -0.39 is 17.9 Å². The van der Waals surface area contributed by atoms with Crippen LogP contribution in [0.3, 0.4) is 0 Å². The third-order valence-corrected chi connectivity index (χ3v) is 3.70. The SMILES string of the molecule is Cc1cc(OCC(=O)N(C)C(C)C(=O)O)cc(C)c1Cl. The van der Waals surface area contributed by atoms with Gasteiger partial charge in [-0.3, -0.25) is 4.79 Å². The van der Waals surface area contributed by atoms with Crippen LogP contribution in [0.25, 0.3) is 0 Å². The van der Waals surface area contributed by atoms with Gasteiger partial charge in [0.25, 0.3) is 5.91 Å². The molecule has 110 valence electrons. The van der Waals surface area contributed by atoms with Crippen LogP contribution in [-0.4, -0.2) is 41.6 Å². The molecular weight excluding hydrogens is 282 g/mol. The lowest BCUT2D eigenvalue weighted by Gasteiger charge is -2.21. The number of rotatable bonds is 5. The number of benzene rings is 1. The second-order valence-corrected chi connectivity index (χ2v) is 5.06. The fourth-order valence-electron chi connectivity index (χ4n) is 1.62. The van der Waals surface area contributed by atoms with Crippen LogP contribution in [0.4, 0.5) is 0 Å². The largest absolute Gasteiger partial charge is 0.484 e. The van der Waals surface area contributed by atoms with Gasteiger partial charge in [-0.25, -0.2) is 4.79 Å². The Balaban J connectivity index is 2.68. The normalized spacial score (nSPS) is 11.8. The molecule has 5 nitrogen and oxygen atoms in total. The summed E-state index contributed by atoms with van der Waals surface area (Å²) in [7, 11) is 1.43. The summed E-state index contributed by atoms with van der Waals surface area (Å²) in [6.45, 7) is 4.93. The van der Waals surface area contributed by atoms with Crippen molar-refractivity contribution in [3.8, 4) is 5.75 Å². The van der Waals surface area contributed by atoms with Crippen LogP contribution in [0.2, 0.25) is 5.02 Å². The van der Waals surface area contributed by atoms with Crippen LogP contribution in [0.1, 0.15) is 18.1 Å². The first-order valence-corrected chi connectivity index (χ1v) is 6.49. The van der Waals surface area contributed by atoms with Gasteiger partial charge in [0, 0.05) is 12.1 Å². The van der Waals surface area contributed by atoms with Gasteiger partial charge >= 0.3 is 5.97 Å². The van der Waals surface area contributed by atoms with Crippen molar-refractivity contribution >= 4 is 23.5 Å². The molecule has 0 radical (unpaired) electrons. The minimum absolute atomic E-state index is 0.214. The fourth-order valence-corrected chi connectivity index (χ4v) is 1.73. The van der Waals surface area contributed by atoms with Gasteiger partial charge in [0.05, 0.1) is 0 Å². The van der Waals surface area contributed by atoms with Crippen LogP contribution in [0, 0.1) is 13.8 Å². The van der Waals surface area contributed by atoms with Crippen molar-refractivity contribution < 1.29 is 19.4 Å². The van der Waals surface area contributed by atoms with Crippen LogP contribution >= 0.6 is 11.6 Å². The molecule has 1 aromatic rings. The molecule has 0 heterocycles. The minimum Gasteiger partial charge on any atom is -0.484 e. The molecule has 0 aliphatic carbocycles. The Kier molecular flexibility index (Phi) is 5.39. The highest BCUT2D eigenvalue weighted by Gasteiger charge is 2.21. The van der Waals surface area contributed by atoms with Crippen molar-refractivity contribution in [1.29, 1.82) is 0 Å². The summed E-state index contributed by atoms with van der Waals surface area (Å²) >= 11 is 6.04. The van der Waals surface area contributed by atoms with E-state index in [-0.39, 0.29) is 6.61 Å². The van der Waals surface area contributed by atoms with E-state index >= 15 is 0 Å². The average Bonchev–Trinajstić information content (AvgIpc) is 2.39. The van der Waals surface area contributed by atoms with Crippen molar-refractivity contribution in [2.24, 2.45) is 0 Å². The Morgan fingerprint density at radius 2 is 1.85 bits per heavy atom. The van der Waals surface area contributed by atoms with E-state index in [2.05, 4.69) is 0 Å². The Labute approximate surface area is 123 Å². The van der Waals surface area contributed by atoms with Gasteiger partial charge < -0.3 is 14.7 Å². The topological polar surface area (TPSA) is 66.8 Å². The molecule has 1 rings (SSSR count). The highest BCUT2D eigenvalue weighted by molar-refractivity contribution is 6.32. The number of hydrogen-bond donors (Lipinski definition) is 1. The molecule has 0 aromatic heterocycles. The summed E-state index contributed by atoms with van der Waals surface area (Å²) in [6.07, 6.45) is 0. The molecule has 0 spiro atoms. The highest BCUT2D eigenvalue weighted by Crippen LogP contribution is 2.25. The van der Waals surface area contributed by atoms with Crippen molar-refractivity contribution in [3.63, 3.8) is 0 Å². The van der Waals surface area contributed by atoms with Crippen molar-refractivity contribution in [1.82, 2.24) is 4.90 Å². The molecule has 0 aliphatic heterocycles. The Bertz CT molecular complexity index is 507. The maximum absolute atomic E-state index is 11.8. The third kappa shape index (κ3) is 3.87. The summed E-state index contributed by atoms with van der Waals surface area (Å²) < 4.78 is 5.39. The fraction of sp³-hybridized carbons (Fsp3) is 0.429. The minimum atomic E-state index is -1.06. The summed E-state index contributed by atoms with van der Waals surface area (Å²) in [6, 6.07) is 2.59. The number of carboxylic acid groups (broad SMARTS) is 1. The number of aliphatic carboxylic acids is 1. The summed E-state index contributed by atoms with van der Waals surface area (Å²) in [5.41, 5.74) is 1.72. The molecule has 1 unspecified atom stereocenters. The molecule has 1 N–H and O–H groups in total. The third-order valence-electron chi connectivity index (χ3n) is 3.10. The number of nitrogens with zero attached hydrogens (tertiary/aromatic N) is 1. The number of halogens is 1. The molecule has 20 heavy (non-hydrogen) atoms. The molecule has 6 heteroatoms. The first-order valence-electron chi connectivity index (χ1n) is 6.12. The standard InChI is InChI=1S/C14H18ClNO4/c1-8-5-11(6-9(2)13(8)15)20-7-12(17)16(4)10(3)14(18)19/h5-6,10H,7H2,1-4H3,(H,18,19). The van der Waals surface area contributed by atoms with Crippen LogP contribution in [-0.2, 0) is 9.59 Å². The van der Waals surface area contributed by atoms with E-state index in [0.717, 1.165) is 16.0 Å². The van der Waals surface area contributed by atoms with Crippen molar-refractivity contribution in [2.75, 3.05) is 13.7 Å². The average molecular weight is 300 g/mol. The number of likely N-dealkylation sites (N-methyl/N-ethyl adjacent to an activating group) is 1. The van der Waals surface area contributed by atoms with Crippen LogP contribution in [0.15, 0.2) is 12.1 Å². The molecule has 1 atom stereocenters. The van der Waals surface area contributed by atoms with Gasteiger partial charge in [0.2, 0.25) is 0 Å². The number of carbonyl (C=O) groups excluding carboxylic acids is 1. The van der Waals surface area contributed by atoms with Gasteiger partial charge in [0.15, 0.2) is 6.61 Å². The van der Waals surface area contributed by atoms with E-state index in [1.165, 1.54) is 14.0 Å². The molecule has 1 amide bonds. The molecule has 0 bridgehead atoms. The predicted molar refractivity (Wildman–Crippen MR) is 76.3 cm³/mol. The zero-order chi connectivity index (χ0) is 15.4. The summed E-state index contributed by atoms with van der Waals surface area (Å²) in [5.74, 6) is -0.918. The van der Waals surface area contributed by atoms with Crippen LogP contribution < -0.4 is 4.74 Å². The molecule has 0 aliphatic rings. The summed E-state index contributed by atoms with van der Waals surface area (Å²) in [5, 5.41) is 9.51. The maximum Gasteiger partial charge on any atom is 0.326 e. The number of amides is 1. The number of aryl methyl sites for hydroxylation is 2. The zero-order valence-electron chi connectivity index (χ0n) is 11.9. The molecular formula is C14H18ClNO4. The van der Waals surface area contributed by atoms with Gasteiger partial charge in [-0.15, -0.1) is 0 Å². The highest BCUT2D eigenvalue weighted by atomic mass is 35.5. The molecule has 1 aromatic carbocycles. The Hall–Kier alpha value is -1.75. The first kappa shape index (κ1) is 16.3. The number of hydrogen-bond acceptors (Lipinski definition) is 3. The lowest BCUT2D eigenvalue weighted by atomic mass is 10.1. The van der Waals surface area contributed by atoms with Gasteiger partial charge in [0.1, 0.15) is 11.8 Å². The first-order chi connectivity index (χ1) is 9.23. The number of carbonyl (C=O) groups is 2. The number of ether oxygens (including phenoxy) is 1. The molecule has 0 saturated heterocycles. The zero-order valence-corrected chi connectivity index (χ0v) is 12.7. The monoisotopic (exact) mass is 299 g/mol. The molecule has 0 saturated carbocycles. The second kappa shape index (κ2) is 6.61. The Morgan fingerprint density at radius 1 is 1.35 bits per heavy atom. The Morgan fingerprint density at radius 3 is 2.30 bits per heavy atom. The van der Waals surface area contributed by atoms with Gasteiger partial charge in [-0.05, 0) is 44.0 Å². The van der Waals surface area contributed by atoms with Gasteiger partial charge in [-0.1, -0.05) is 11.6 Å². The smallest absolute Gasteiger partial charge is 0.326 e. The lowest BCUT2D eigenvalue weighted by Crippen LogP contribution is -2.42. The van der Waals surface area contributed by atoms with Crippen LogP contribution in [0.5, 0.6) is 5.75 Å². The maximum atomic E-state index is 11.8.